The quantitative estimate of drug-likeness (QED) is 0.0259. The van der Waals surface area contributed by atoms with Gasteiger partial charge in [0.1, 0.15) is 19.3 Å². The predicted molar refractivity (Wildman–Crippen MR) is 338 cm³/mol. The molecule has 0 aromatic heterocycles. The molecule has 0 saturated carbocycles. The topological polar surface area (TPSA) is 94.1 Å². The highest BCUT2D eigenvalue weighted by Gasteiger charge is 2.20. The van der Waals surface area contributed by atoms with Crippen molar-refractivity contribution in [3.8, 4) is 0 Å². The number of esters is 1. The number of carbonyl (C=O) groups excluding carboxylic acids is 1. The SMILES string of the molecule is CCCCCCCCCCCCCCCCCCCCCCCCCCCCCCCCCCCCCCC(=O)O[C@H](COCCCCCCCCCCCCCCCCCCCCCC)COP(=O)([O-])OCC[N+](C)(C)C. The van der Waals surface area contributed by atoms with Gasteiger partial charge in [0.25, 0.3) is 7.82 Å². The van der Waals surface area contributed by atoms with Gasteiger partial charge in [-0.05, 0) is 12.8 Å². The van der Waals surface area contributed by atoms with E-state index in [4.69, 9.17) is 18.5 Å². The molecule has 0 bridgehead atoms. The van der Waals surface area contributed by atoms with Gasteiger partial charge in [0.2, 0.25) is 0 Å². The molecule has 0 rings (SSSR count). The maximum atomic E-state index is 12.9. The highest BCUT2D eigenvalue weighted by molar-refractivity contribution is 7.45. The molecule has 0 amide bonds. The van der Waals surface area contributed by atoms with Crippen LogP contribution in [0.25, 0.3) is 0 Å². The fourth-order valence-corrected chi connectivity index (χ4v) is 11.8. The third kappa shape index (κ3) is 66.3. The van der Waals surface area contributed by atoms with Gasteiger partial charge < -0.3 is 27.9 Å². The zero-order valence-electron chi connectivity index (χ0n) is 53.7. The summed E-state index contributed by atoms with van der Waals surface area (Å²) in [6.07, 6.45) is 76.4. The number of ether oxygens (including phenoxy) is 2. The zero-order chi connectivity index (χ0) is 56.8. The monoisotopic (exact) mass is 1130 g/mol. The van der Waals surface area contributed by atoms with E-state index in [1.54, 1.807) is 0 Å². The Morgan fingerprint density at radius 1 is 0.346 bits per heavy atom. The molecule has 9 heteroatoms. The Balaban J connectivity index is 3.82. The van der Waals surface area contributed by atoms with Crippen molar-refractivity contribution in [2.75, 3.05) is 54.1 Å². The molecule has 0 fully saturated rings. The van der Waals surface area contributed by atoms with E-state index in [9.17, 15) is 14.3 Å². The molecule has 0 aliphatic rings. The van der Waals surface area contributed by atoms with Gasteiger partial charge in [0.05, 0.1) is 34.4 Å². The Morgan fingerprint density at radius 2 is 0.590 bits per heavy atom. The third-order valence-electron chi connectivity index (χ3n) is 16.4. The van der Waals surface area contributed by atoms with E-state index >= 15 is 0 Å². The van der Waals surface area contributed by atoms with Crippen LogP contribution in [0.3, 0.4) is 0 Å². The summed E-state index contributed by atoms with van der Waals surface area (Å²) >= 11 is 0. The predicted octanol–water partition coefficient (Wildman–Crippen LogP) is 22.4. The van der Waals surface area contributed by atoms with Crippen LogP contribution < -0.4 is 4.89 Å². The van der Waals surface area contributed by atoms with Gasteiger partial charge in [-0.2, -0.15) is 0 Å². The number of hydrogen-bond donors (Lipinski definition) is 0. The minimum Gasteiger partial charge on any atom is -0.756 e. The Kier molecular flexibility index (Phi) is 62.1. The van der Waals surface area contributed by atoms with Crippen LogP contribution >= 0.6 is 7.82 Å². The molecular formula is C69H140NO7P. The Labute approximate surface area is 488 Å². The number of carbonyl (C=O) groups is 1. The van der Waals surface area contributed by atoms with E-state index in [1.165, 1.54) is 327 Å². The smallest absolute Gasteiger partial charge is 0.306 e. The van der Waals surface area contributed by atoms with Crippen LogP contribution in [0.5, 0.6) is 0 Å². The fourth-order valence-electron chi connectivity index (χ4n) is 11.0. The summed E-state index contributed by atoms with van der Waals surface area (Å²) in [4.78, 5) is 25.4. The zero-order valence-corrected chi connectivity index (χ0v) is 54.6. The highest BCUT2D eigenvalue weighted by Crippen LogP contribution is 2.38. The van der Waals surface area contributed by atoms with Crippen molar-refractivity contribution in [1.29, 1.82) is 0 Å². The second kappa shape index (κ2) is 62.5. The van der Waals surface area contributed by atoms with Crippen LogP contribution in [-0.2, 0) is 27.9 Å². The second-order valence-electron chi connectivity index (χ2n) is 25.6. The Hall–Kier alpha value is -0.500. The van der Waals surface area contributed by atoms with Crippen molar-refractivity contribution in [2.45, 2.75) is 386 Å². The largest absolute Gasteiger partial charge is 0.756 e. The van der Waals surface area contributed by atoms with Crippen molar-refractivity contribution < 1.29 is 37.3 Å². The molecule has 0 saturated heterocycles. The van der Waals surface area contributed by atoms with E-state index in [2.05, 4.69) is 13.8 Å². The number of phosphoric acid groups is 1. The number of phosphoric ester groups is 1. The average molecular weight is 1130 g/mol. The lowest BCUT2D eigenvalue weighted by atomic mass is 10.0. The van der Waals surface area contributed by atoms with Crippen molar-refractivity contribution >= 4 is 13.8 Å². The molecule has 0 radical (unpaired) electrons. The van der Waals surface area contributed by atoms with Crippen molar-refractivity contribution in [2.24, 2.45) is 0 Å². The summed E-state index contributed by atoms with van der Waals surface area (Å²) in [5.74, 6) is -0.320. The van der Waals surface area contributed by atoms with E-state index in [-0.39, 0.29) is 25.8 Å². The number of rotatable bonds is 68. The summed E-state index contributed by atoms with van der Waals surface area (Å²) in [5, 5.41) is 0. The maximum Gasteiger partial charge on any atom is 0.306 e. The van der Waals surface area contributed by atoms with Crippen LogP contribution in [0.4, 0.5) is 0 Å². The molecule has 1 unspecified atom stereocenters. The van der Waals surface area contributed by atoms with Crippen LogP contribution in [0.2, 0.25) is 0 Å². The minimum atomic E-state index is -4.53. The van der Waals surface area contributed by atoms with Crippen LogP contribution in [0.1, 0.15) is 380 Å². The molecule has 2 atom stereocenters. The first-order valence-electron chi connectivity index (χ1n) is 35.3. The molecule has 0 spiro atoms. The number of likely N-dealkylation sites (N-methyl/N-ethyl adjacent to an activating group) is 1. The van der Waals surface area contributed by atoms with E-state index in [1.807, 2.05) is 21.1 Å². The van der Waals surface area contributed by atoms with Crippen molar-refractivity contribution in [3.63, 3.8) is 0 Å². The molecule has 0 aromatic rings. The number of unbranched alkanes of at least 4 members (excludes halogenated alkanes) is 54. The summed E-state index contributed by atoms with van der Waals surface area (Å²) in [7, 11) is 1.39. The summed E-state index contributed by atoms with van der Waals surface area (Å²) in [5.41, 5.74) is 0. The number of nitrogens with zero attached hydrogens (tertiary/aromatic N) is 1. The molecule has 0 heterocycles. The molecule has 468 valence electrons. The number of quaternary nitrogens is 1. The standard InChI is InChI=1S/C69H140NO7P/c1-6-8-10-12-14-16-18-20-22-24-26-28-29-30-31-32-33-34-35-36-37-38-39-40-41-42-43-44-46-48-50-52-54-56-58-60-62-69(71)77-68(67-76-78(72,73)75-65-63-70(3,4)5)66-74-64-61-59-57-55-53-51-49-47-45-27-25-23-21-19-17-15-13-11-9-7-2/h68H,6-67H2,1-5H3/t68-/m1/s1. The summed E-state index contributed by atoms with van der Waals surface area (Å²) in [6.45, 7) is 5.53. The van der Waals surface area contributed by atoms with E-state index < -0.39 is 13.9 Å². The van der Waals surface area contributed by atoms with Gasteiger partial charge in [-0.15, -0.1) is 0 Å². The first-order chi connectivity index (χ1) is 38.1. The van der Waals surface area contributed by atoms with Crippen LogP contribution in [0.15, 0.2) is 0 Å². The van der Waals surface area contributed by atoms with Gasteiger partial charge in [-0.1, -0.05) is 361 Å². The van der Waals surface area contributed by atoms with E-state index in [0.717, 1.165) is 32.1 Å². The Bertz CT molecular complexity index is 1210. The molecule has 8 nitrogen and oxygen atoms in total. The number of hydrogen-bond acceptors (Lipinski definition) is 7. The summed E-state index contributed by atoms with van der Waals surface area (Å²) < 4.78 is 35.0. The maximum absolute atomic E-state index is 12.9. The lowest BCUT2D eigenvalue weighted by molar-refractivity contribution is -0.870. The van der Waals surface area contributed by atoms with E-state index in [0.29, 0.717) is 24.1 Å². The first-order valence-corrected chi connectivity index (χ1v) is 36.7. The van der Waals surface area contributed by atoms with Crippen LogP contribution in [-0.4, -0.2) is 70.7 Å². The lowest BCUT2D eigenvalue weighted by Gasteiger charge is -2.28. The fraction of sp³-hybridized carbons (Fsp3) is 0.986. The highest BCUT2D eigenvalue weighted by atomic mass is 31.2. The van der Waals surface area contributed by atoms with Gasteiger partial charge in [-0.25, -0.2) is 0 Å². The van der Waals surface area contributed by atoms with Gasteiger partial charge in [-0.3, -0.25) is 9.36 Å². The second-order valence-corrected chi connectivity index (χ2v) is 27.0. The van der Waals surface area contributed by atoms with Gasteiger partial charge >= 0.3 is 5.97 Å². The van der Waals surface area contributed by atoms with Crippen molar-refractivity contribution in [3.05, 3.63) is 0 Å². The molecule has 78 heavy (non-hydrogen) atoms. The summed E-state index contributed by atoms with van der Waals surface area (Å²) in [6, 6.07) is 0. The molecule has 0 aromatic carbocycles. The Morgan fingerprint density at radius 3 is 0.846 bits per heavy atom. The van der Waals surface area contributed by atoms with Gasteiger partial charge in [0.15, 0.2) is 0 Å². The van der Waals surface area contributed by atoms with Crippen LogP contribution in [0, 0.1) is 0 Å². The molecular weight excluding hydrogens is 986 g/mol. The van der Waals surface area contributed by atoms with Crippen molar-refractivity contribution in [1.82, 2.24) is 0 Å². The van der Waals surface area contributed by atoms with Gasteiger partial charge in [0, 0.05) is 13.0 Å². The molecule has 0 aliphatic carbocycles. The minimum absolute atomic E-state index is 0.0322. The third-order valence-corrected chi connectivity index (χ3v) is 17.4. The average Bonchev–Trinajstić information content (AvgIpc) is 3.41. The first kappa shape index (κ1) is 77.5. The normalized spacial score (nSPS) is 13.2. The lowest BCUT2D eigenvalue weighted by Crippen LogP contribution is -2.37. The molecule has 0 N–H and O–H groups in total. The molecule has 0 aliphatic heterocycles.